The Kier molecular flexibility index (Phi) is 4.43. The second kappa shape index (κ2) is 6.92. The number of hydrogen-bond acceptors (Lipinski definition) is 5. The molecule has 3 aromatic rings. The maximum atomic E-state index is 12.7. The van der Waals surface area contributed by atoms with Gasteiger partial charge in [0.05, 0.1) is 23.4 Å². The second-order valence-corrected chi connectivity index (χ2v) is 7.19. The van der Waals surface area contributed by atoms with E-state index in [2.05, 4.69) is 25.6 Å². The summed E-state index contributed by atoms with van der Waals surface area (Å²) in [6, 6.07) is 9.26. The predicted octanol–water partition coefficient (Wildman–Crippen LogP) is 3.50. The van der Waals surface area contributed by atoms with E-state index >= 15 is 0 Å². The van der Waals surface area contributed by atoms with Crippen LogP contribution in [0.4, 0.5) is 17.2 Å². The van der Waals surface area contributed by atoms with Crippen molar-refractivity contribution < 1.29 is 4.79 Å². The lowest BCUT2D eigenvalue weighted by molar-refractivity contribution is -0.115. The number of aromatic nitrogens is 3. The average molecular weight is 375 g/mol. The Morgan fingerprint density at radius 3 is 2.71 bits per heavy atom. The van der Waals surface area contributed by atoms with Crippen molar-refractivity contribution in [3.8, 4) is 11.3 Å². The molecule has 1 aliphatic heterocycles. The number of aryl methyl sites for hydroxylation is 1. The van der Waals surface area contributed by atoms with Crippen LogP contribution in [0.3, 0.4) is 0 Å². The van der Waals surface area contributed by atoms with Gasteiger partial charge in [-0.3, -0.25) is 14.6 Å². The lowest BCUT2D eigenvalue weighted by Gasteiger charge is -2.17. The molecule has 7 heteroatoms. The molecule has 3 aromatic heterocycles. The summed E-state index contributed by atoms with van der Waals surface area (Å²) in [6.45, 7) is 5.93. The minimum absolute atomic E-state index is 0.0769. The zero-order chi connectivity index (χ0) is 19.8. The van der Waals surface area contributed by atoms with Crippen LogP contribution in [-0.4, -0.2) is 20.9 Å². The summed E-state index contributed by atoms with van der Waals surface area (Å²) in [6.07, 6.45) is 1.93. The topological polar surface area (TPSA) is 99.8 Å². The van der Waals surface area contributed by atoms with Gasteiger partial charge in [-0.15, -0.1) is 0 Å². The van der Waals surface area contributed by atoms with Crippen molar-refractivity contribution in [3.63, 3.8) is 0 Å². The third-order valence-electron chi connectivity index (χ3n) is 4.73. The van der Waals surface area contributed by atoms with Crippen LogP contribution >= 0.6 is 0 Å². The smallest absolute Gasteiger partial charge is 0.257 e. The van der Waals surface area contributed by atoms with Crippen LogP contribution in [0.2, 0.25) is 0 Å². The number of rotatable bonds is 4. The fourth-order valence-electron chi connectivity index (χ4n) is 3.36. The van der Waals surface area contributed by atoms with Crippen molar-refractivity contribution >= 4 is 23.1 Å². The van der Waals surface area contributed by atoms with Gasteiger partial charge in [-0.05, 0) is 37.1 Å². The number of carbonyl (C=O) groups excluding carboxylic acids is 1. The minimum atomic E-state index is -0.177. The van der Waals surface area contributed by atoms with E-state index in [-0.39, 0.29) is 23.8 Å². The molecule has 4 rings (SSSR count). The maximum Gasteiger partial charge on any atom is 0.257 e. The molecule has 0 aromatic carbocycles. The molecule has 0 atom stereocenters. The summed E-state index contributed by atoms with van der Waals surface area (Å²) < 4.78 is 0. The number of anilines is 3. The largest absolute Gasteiger partial charge is 0.354 e. The Morgan fingerprint density at radius 2 is 1.96 bits per heavy atom. The molecule has 0 aliphatic carbocycles. The molecule has 28 heavy (non-hydrogen) atoms. The first kappa shape index (κ1) is 17.9. The number of nitrogens with one attached hydrogen (secondary N) is 3. The van der Waals surface area contributed by atoms with Gasteiger partial charge in [0.1, 0.15) is 5.82 Å². The number of fused-ring (bicyclic) bond motifs is 1. The molecule has 0 fully saturated rings. The van der Waals surface area contributed by atoms with E-state index in [1.54, 1.807) is 6.20 Å². The lowest BCUT2D eigenvalue weighted by Crippen LogP contribution is -2.15. The number of nitrogens with zero attached hydrogens (tertiary/aromatic N) is 2. The molecule has 1 aliphatic rings. The Bertz CT molecular complexity index is 1130. The molecule has 0 saturated carbocycles. The molecular formula is C21H21N5O2. The lowest BCUT2D eigenvalue weighted by atomic mass is 10.0. The quantitative estimate of drug-likeness (QED) is 0.648. The highest BCUT2D eigenvalue weighted by molar-refractivity contribution is 6.00. The monoisotopic (exact) mass is 375 g/mol. The summed E-state index contributed by atoms with van der Waals surface area (Å²) in [5.74, 6) is 0.599. The van der Waals surface area contributed by atoms with Crippen LogP contribution in [-0.2, 0) is 11.2 Å². The zero-order valence-electron chi connectivity index (χ0n) is 16.0. The highest BCUT2D eigenvalue weighted by atomic mass is 16.2. The Morgan fingerprint density at radius 1 is 1.14 bits per heavy atom. The molecule has 142 valence electrons. The molecule has 0 radical (unpaired) electrons. The van der Waals surface area contributed by atoms with Gasteiger partial charge in [-0.25, -0.2) is 4.98 Å². The van der Waals surface area contributed by atoms with Gasteiger partial charge in [0, 0.05) is 28.8 Å². The van der Waals surface area contributed by atoms with Gasteiger partial charge in [0.2, 0.25) is 5.91 Å². The third kappa shape index (κ3) is 3.26. The van der Waals surface area contributed by atoms with Gasteiger partial charge < -0.3 is 15.6 Å². The molecule has 0 bridgehead atoms. The van der Waals surface area contributed by atoms with Crippen molar-refractivity contribution in [1.29, 1.82) is 0 Å². The first-order valence-electron chi connectivity index (χ1n) is 9.18. The summed E-state index contributed by atoms with van der Waals surface area (Å²) >= 11 is 0. The minimum Gasteiger partial charge on any atom is -0.354 e. The first-order chi connectivity index (χ1) is 13.4. The van der Waals surface area contributed by atoms with Crippen molar-refractivity contribution in [2.24, 2.45) is 0 Å². The Balaban J connectivity index is 1.83. The number of carbonyl (C=O) groups is 1. The highest BCUT2D eigenvalue weighted by Gasteiger charge is 2.23. The van der Waals surface area contributed by atoms with Crippen LogP contribution in [0.15, 0.2) is 41.3 Å². The SMILES string of the molecule is Cc1cccc(-c2cc(Nc3ccnc4c3CC(=O)N4)c(C(C)C)[nH]c2=O)n1. The van der Waals surface area contributed by atoms with Crippen molar-refractivity contribution in [2.75, 3.05) is 10.6 Å². The van der Waals surface area contributed by atoms with E-state index in [1.807, 2.05) is 51.1 Å². The molecule has 0 spiro atoms. The molecule has 4 heterocycles. The standard InChI is InChI=1S/C21H21N5O2/c1-11(2)19-17(24-16-7-8-22-20-13(16)10-18(27)25-20)9-14(21(28)26-19)15-6-4-5-12(3)23-15/h4-9,11H,10H2,1-3H3,(H,26,28)(H2,22,24,25,27). The van der Waals surface area contributed by atoms with Crippen molar-refractivity contribution in [3.05, 3.63) is 63.8 Å². The van der Waals surface area contributed by atoms with E-state index in [9.17, 15) is 9.59 Å². The van der Waals surface area contributed by atoms with Gasteiger partial charge in [-0.1, -0.05) is 19.9 Å². The fraction of sp³-hybridized carbons (Fsp3) is 0.238. The third-order valence-corrected chi connectivity index (χ3v) is 4.73. The zero-order valence-corrected chi connectivity index (χ0v) is 16.0. The molecule has 1 amide bonds. The number of aromatic amines is 1. The summed E-state index contributed by atoms with van der Waals surface area (Å²) in [5, 5.41) is 6.15. The van der Waals surface area contributed by atoms with Crippen molar-refractivity contribution in [2.45, 2.75) is 33.1 Å². The molecule has 7 nitrogen and oxygen atoms in total. The number of hydrogen-bond donors (Lipinski definition) is 3. The summed E-state index contributed by atoms with van der Waals surface area (Å²) in [7, 11) is 0. The molecular weight excluding hydrogens is 354 g/mol. The average Bonchev–Trinajstić information content (AvgIpc) is 3.04. The van der Waals surface area contributed by atoms with E-state index in [1.165, 1.54) is 0 Å². The predicted molar refractivity (Wildman–Crippen MR) is 109 cm³/mol. The summed E-state index contributed by atoms with van der Waals surface area (Å²) in [4.78, 5) is 36.2. The van der Waals surface area contributed by atoms with E-state index in [0.717, 1.165) is 28.3 Å². The van der Waals surface area contributed by atoms with Crippen LogP contribution in [0.5, 0.6) is 0 Å². The van der Waals surface area contributed by atoms with Crippen LogP contribution < -0.4 is 16.2 Å². The van der Waals surface area contributed by atoms with E-state index < -0.39 is 0 Å². The maximum absolute atomic E-state index is 12.7. The van der Waals surface area contributed by atoms with Crippen LogP contribution in [0.1, 0.15) is 36.7 Å². The van der Waals surface area contributed by atoms with Crippen LogP contribution in [0, 0.1) is 6.92 Å². The molecule has 0 saturated heterocycles. The normalized spacial score (nSPS) is 12.8. The van der Waals surface area contributed by atoms with Gasteiger partial charge >= 0.3 is 0 Å². The number of H-pyrrole nitrogens is 1. The fourth-order valence-corrected chi connectivity index (χ4v) is 3.36. The second-order valence-electron chi connectivity index (χ2n) is 7.19. The van der Waals surface area contributed by atoms with E-state index in [4.69, 9.17) is 0 Å². The number of amides is 1. The van der Waals surface area contributed by atoms with Gasteiger partial charge in [-0.2, -0.15) is 0 Å². The van der Waals surface area contributed by atoms with E-state index in [0.29, 0.717) is 17.1 Å². The number of pyridine rings is 3. The highest BCUT2D eigenvalue weighted by Crippen LogP contribution is 2.33. The molecule has 3 N–H and O–H groups in total. The first-order valence-corrected chi connectivity index (χ1v) is 9.18. The Hall–Kier alpha value is -3.48. The van der Waals surface area contributed by atoms with Gasteiger partial charge in [0.15, 0.2) is 0 Å². The Labute approximate surface area is 162 Å². The summed E-state index contributed by atoms with van der Waals surface area (Å²) in [5.41, 5.74) is 4.97. The molecule has 0 unspecified atom stereocenters. The van der Waals surface area contributed by atoms with Crippen molar-refractivity contribution in [1.82, 2.24) is 15.0 Å². The van der Waals surface area contributed by atoms with Crippen LogP contribution in [0.25, 0.3) is 11.3 Å². The van der Waals surface area contributed by atoms with Gasteiger partial charge in [0.25, 0.3) is 5.56 Å².